The maximum Gasteiger partial charge on any atom is 0.262 e. The molecule has 1 aliphatic heterocycles. The molecule has 0 radical (unpaired) electrons. The molecule has 0 bridgehead atoms. The number of sulfonamides is 1. The van der Waals surface area contributed by atoms with Crippen LogP contribution in [0.4, 0.5) is 10.1 Å². The number of benzene rings is 2. The molecule has 9 heteroatoms. The SMILES string of the molecule is COc1ccc(S(=O)(=O)N2CCCCC2)cc1NC(=O)COc1ccc(F)cc1. The Balaban J connectivity index is 1.72. The molecule has 1 aliphatic rings. The van der Waals surface area contributed by atoms with E-state index in [2.05, 4.69) is 5.32 Å². The van der Waals surface area contributed by atoms with Gasteiger partial charge < -0.3 is 14.8 Å². The molecular formula is C20H23FN2O5S. The number of carbonyl (C=O) groups excluding carboxylic acids is 1. The van der Waals surface area contributed by atoms with Crippen LogP contribution in [0.5, 0.6) is 11.5 Å². The first-order valence-corrected chi connectivity index (χ1v) is 10.7. The Morgan fingerprint density at radius 1 is 1.10 bits per heavy atom. The lowest BCUT2D eigenvalue weighted by Gasteiger charge is -2.26. The minimum Gasteiger partial charge on any atom is -0.495 e. The Morgan fingerprint density at radius 3 is 2.45 bits per heavy atom. The highest BCUT2D eigenvalue weighted by atomic mass is 32.2. The number of halogens is 1. The van der Waals surface area contributed by atoms with Crippen molar-refractivity contribution in [1.29, 1.82) is 0 Å². The van der Waals surface area contributed by atoms with Crippen molar-refractivity contribution < 1.29 is 27.1 Å². The summed E-state index contributed by atoms with van der Waals surface area (Å²) in [5, 5.41) is 2.61. The van der Waals surface area contributed by atoms with Crippen LogP contribution in [-0.2, 0) is 14.8 Å². The van der Waals surface area contributed by atoms with Crippen molar-refractivity contribution in [2.75, 3.05) is 32.1 Å². The second-order valence-electron chi connectivity index (χ2n) is 6.62. The minimum absolute atomic E-state index is 0.0925. The average molecular weight is 422 g/mol. The number of hydrogen-bond donors (Lipinski definition) is 1. The molecular weight excluding hydrogens is 399 g/mol. The third-order valence-electron chi connectivity index (χ3n) is 4.58. The Morgan fingerprint density at radius 2 is 1.79 bits per heavy atom. The van der Waals surface area contributed by atoms with E-state index < -0.39 is 21.7 Å². The molecule has 0 unspecified atom stereocenters. The Kier molecular flexibility index (Phi) is 6.71. The van der Waals surface area contributed by atoms with Gasteiger partial charge in [-0.2, -0.15) is 4.31 Å². The van der Waals surface area contributed by atoms with E-state index in [9.17, 15) is 17.6 Å². The van der Waals surface area contributed by atoms with Crippen LogP contribution in [0.15, 0.2) is 47.4 Å². The first-order valence-electron chi connectivity index (χ1n) is 9.26. The number of carbonyl (C=O) groups is 1. The molecule has 156 valence electrons. The highest BCUT2D eigenvalue weighted by Crippen LogP contribution is 2.30. The topological polar surface area (TPSA) is 84.9 Å². The summed E-state index contributed by atoms with van der Waals surface area (Å²) in [6.07, 6.45) is 2.68. The molecule has 2 aromatic rings. The summed E-state index contributed by atoms with van der Waals surface area (Å²) in [5.41, 5.74) is 0.235. The van der Waals surface area contributed by atoms with Crippen molar-refractivity contribution in [3.8, 4) is 11.5 Å². The minimum atomic E-state index is -3.64. The van der Waals surface area contributed by atoms with Gasteiger partial charge in [0.25, 0.3) is 5.91 Å². The van der Waals surface area contributed by atoms with Gasteiger partial charge in [0.15, 0.2) is 6.61 Å². The van der Waals surface area contributed by atoms with Gasteiger partial charge in [0.1, 0.15) is 17.3 Å². The van der Waals surface area contributed by atoms with Gasteiger partial charge in [-0.1, -0.05) is 6.42 Å². The molecule has 0 spiro atoms. The van der Waals surface area contributed by atoms with E-state index >= 15 is 0 Å². The normalized spacial score (nSPS) is 15.0. The second-order valence-corrected chi connectivity index (χ2v) is 8.56. The van der Waals surface area contributed by atoms with Crippen molar-refractivity contribution in [1.82, 2.24) is 4.31 Å². The number of rotatable bonds is 7. The lowest BCUT2D eigenvalue weighted by molar-refractivity contribution is -0.118. The number of anilines is 1. The predicted molar refractivity (Wildman–Crippen MR) is 106 cm³/mol. The predicted octanol–water partition coefficient (Wildman–Crippen LogP) is 3.03. The standard InChI is InChI=1S/C20H23FN2O5S/c1-27-19-10-9-17(29(25,26)23-11-3-2-4-12-23)13-18(19)22-20(24)14-28-16-7-5-15(21)6-8-16/h5-10,13H,2-4,11-12,14H2,1H3,(H,22,24). The molecule has 0 atom stereocenters. The first-order chi connectivity index (χ1) is 13.9. The number of hydrogen-bond acceptors (Lipinski definition) is 5. The van der Waals surface area contributed by atoms with E-state index in [0.29, 0.717) is 24.6 Å². The lowest BCUT2D eigenvalue weighted by atomic mass is 10.2. The molecule has 7 nitrogen and oxygen atoms in total. The van der Waals surface area contributed by atoms with Gasteiger partial charge in [-0.05, 0) is 55.3 Å². The van der Waals surface area contributed by atoms with Crippen molar-refractivity contribution in [2.45, 2.75) is 24.2 Å². The Labute approximate surface area is 169 Å². The molecule has 0 aromatic heterocycles. The van der Waals surface area contributed by atoms with Crippen LogP contribution in [0.2, 0.25) is 0 Å². The summed E-state index contributed by atoms with van der Waals surface area (Å²) in [6.45, 7) is 0.654. The summed E-state index contributed by atoms with van der Waals surface area (Å²) in [5.74, 6) is -0.230. The van der Waals surface area contributed by atoms with Crippen LogP contribution in [0.25, 0.3) is 0 Å². The lowest BCUT2D eigenvalue weighted by Crippen LogP contribution is -2.35. The van der Waals surface area contributed by atoms with Crippen molar-refractivity contribution in [2.24, 2.45) is 0 Å². The number of amides is 1. The van der Waals surface area contributed by atoms with Crippen LogP contribution in [0.1, 0.15) is 19.3 Å². The molecule has 1 fully saturated rings. The molecule has 1 N–H and O–H groups in total. The Bertz CT molecular complexity index is 957. The summed E-state index contributed by atoms with van der Waals surface area (Å²) in [6, 6.07) is 9.64. The van der Waals surface area contributed by atoms with E-state index in [0.717, 1.165) is 19.3 Å². The Hall–Kier alpha value is -2.65. The summed E-state index contributed by atoms with van der Waals surface area (Å²) < 4.78 is 50.7. The van der Waals surface area contributed by atoms with E-state index in [4.69, 9.17) is 9.47 Å². The van der Waals surface area contributed by atoms with Gasteiger partial charge in [-0.15, -0.1) is 0 Å². The van der Waals surface area contributed by atoms with Gasteiger partial charge in [0, 0.05) is 13.1 Å². The van der Waals surface area contributed by atoms with Crippen LogP contribution >= 0.6 is 0 Å². The van der Waals surface area contributed by atoms with Gasteiger partial charge in [0.2, 0.25) is 10.0 Å². The summed E-state index contributed by atoms with van der Waals surface area (Å²) in [7, 11) is -2.22. The molecule has 29 heavy (non-hydrogen) atoms. The van der Waals surface area contributed by atoms with Gasteiger partial charge >= 0.3 is 0 Å². The zero-order valence-corrected chi connectivity index (χ0v) is 16.9. The molecule has 1 saturated heterocycles. The molecule has 1 heterocycles. The number of piperidine rings is 1. The van der Waals surface area contributed by atoms with E-state index in [1.54, 1.807) is 0 Å². The number of methoxy groups -OCH3 is 1. The molecule has 3 rings (SSSR count). The summed E-state index contributed by atoms with van der Waals surface area (Å²) in [4.78, 5) is 12.4. The van der Waals surface area contributed by atoms with Crippen LogP contribution in [0.3, 0.4) is 0 Å². The molecule has 0 saturated carbocycles. The third kappa shape index (κ3) is 5.24. The highest BCUT2D eigenvalue weighted by Gasteiger charge is 2.27. The molecule has 0 aliphatic carbocycles. The smallest absolute Gasteiger partial charge is 0.262 e. The van der Waals surface area contributed by atoms with Crippen LogP contribution in [0, 0.1) is 5.82 Å². The van der Waals surface area contributed by atoms with E-state index in [-0.39, 0.29) is 17.2 Å². The van der Waals surface area contributed by atoms with Crippen molar-refractivity contribution >= 4 is 21.6 Å². The van der Waals surface area contributed by atoms with Crippen molar-refractivity contribution in [3.63, 3.8) is 0 Å². The van der Waals surface area contributed by atoms with E-state index in [1.165, 1.54) is 53.9 Å². The van der Waals surface area contributed by atoms with E-state index in [1.807, 2.05) is 0 Å². The average Bonchev–Trinajstić information content (AvgIpc) is 2.74. The van der Waals surface area contributed by atoms with Gasteiger partial charge in [0.05, 0.1) is 17.7 Å². The number of ether oxygens (including phenoxy) is 2. The van der Waals surface area contributed by atoms with Crippen LogP contribution in [-0.4, -0.2) is 45.4 Å². The fourth-order valence-electron chi connectivity index (χ4n) is 3.07. The second kappa shape index (κ2) is 9.23. The van der Waals surface area contributed by atoms with Crippen LogP contribution < -0.4 is 14.8 Å². The number of nitrogens with one attached hydrogen (secondary N) is 1. The molecule has 1 amide bonds. The molecule has 2 aromatic carbocycles. The maximum atomic E-state index is 12.9. The zero-order valence-electron chi connectivity index (χ0n) is 16.1. The fraction of sp³-hybridized carbons (Fsp3) is 0.350. The largest absolute Gasteiger partial charge is 0.495 e. The van der Waals surface area contributed by atoms with Crippen molar-refractivity contribution in [3.05, 3.63) is 48.3 Å². The zero-order chi connectivity index (χ0) is 20.9. The van der Waals surface area contributed by atoms with Gasteiger partial charge in [-0.3, -0.25) is 4.79 Å². The quantitative estimate of drug-likeness (QED) is 0.741. The highest BCUT2D eigenvalue weighted by molar-refractivity contribution is 7.89. The fourth-order valence-corrected chi connectivity index (χ4v) is 4.61. The third-order valence-corrected chi connectivity index (χ3v) is 6.48. The first kappa shape index (κ1) is 21.1. The maximum absolute atomic E-state index is 12.9. The number of nitrogens with zero attached hydrogens (tertiary/aromatic N) is 1. The van der Waals surface area contributed by atoms with Gasteiger partial charge in [-0.25, -0.2) is 12.8 Å². The summed E-state index contributed by atoms with van der Waals surface area (Å²) >= 11 is 0. The monoisotopic (exact) mass is 422 g/mol.